The molecule has 1 aromatic carbocycles. The molecule has 1 N–H and O–H groups in total. The Balaban J connectivity index is 1.97. The van der Waals surface area contributed by atoms with Gasteiger partial charge in [0.15, 0.2) is 0 Å². The first kappa shape index (κ1) is 16.3. The van der Waals surface area contributed by atoms with Gasteiger partial charge in [0.1, 0.15) is 5.02 Å². The highest BCUT2D eigenvalue weighted by Crippen LogP contribution is 2.25. The molecule has 1 saturated heterocycles. The van der Waals surface area contributed by atoms with Gasteiger partial charge >= 0.3 is 0 Å². The molecular formula is C16H17Cl2N3O2. The Kier molecular flexibility index (Phi) is 4.62. The van der Waals surface area contributed by atoms with Crippen LogP contribution in [0.2, 0.25) is 10.0 Å². The highest BCUT2D eigenvalue weighted by Gasteiger charge is 2.21. The summed E-state index contributed by atoms with van der Waals surface area (Å²) < 4.78 is 1.25. The summed E-state index contributed by atoms with van der Waals surface area (Å²) in [6, 6.07) is 5.31. The molecule has 2 aromatic rings. The zero-order chi connectivity index (χ0) is 16.6. The molecule has 0 bridgehead atoms. The first-order chi connectivity index (χ1) is 11.0. The van der Waals surface area contributed by atoms with Gasteiger partial charge < -0.3 is 10.0 Å². The van der Waals surface area contributed by atoms with Crippen LogP contribution in [0.4, 0.5) is 5.69 Å². The van der Waals surface area contributed by atoms with Crippen molar-refractivity contribution in [2.75, 3.05) is 18.0 Å². The van der Waals surface area contributed by atoms with E-state index in [1.54, 1.807) is 18.3 Å². The number of anilines is 1. The van der Waals surface area contributed by atoms with E-state index in [0.29, 0.717) is 42.3 Å². The topological polar surface area (TPSA) is 58.4 Å². The lowest BCUT2D eigenvalue weighted by Gasteiger charge is -2.31. The van der Waals surface area contributed by atoms with E-state index >= 15 is 0 Å². The maximum absolute atomic E-state index is 12.5. The fourth-order valence-corrected chi connectivity index (χ4v) is 3.07. The molecule has 23 heavy (non-hydrogen) atoms. The Morgan fingerprint density at radius 3 is 2.61 bits per heavy atom. The maximum atomic E-state index is 12.5. The average molecular weight is 354 g/mol. The molecule has 0 atom stereocenters. The summed E-state index contributed by atoms with van der Waals surface area (Å²) in [5.74, 6) is 0. The van der Waals surface area contributed by atoms with Crippen molar-refractivity contribution in [1.29, 1.82) is 0 Å². The van der Waals surface area contributed by atoms with Gasteiger partial charge in [-0.2, -0.15) is 9.78 Å². The normalized spacial score (nSPS) is 15.9. The van der Waals surface area contributed by atoms with Crippen molar-refractivity contribution in [3.63, 3.8) is 0 Å². The molecule has 1 aliphatic heterocycles. The summed E-state index contributed by atoms with van der Waals surface area (Å²) in [6.45, 7) is 3.20. The summed E-state index contributed by atoms with van der Waals surface area (Å²) in [6.07, 6.45) is 2.63. The fraction of sp³-hybridized carbons (Fsp3) is 0.375. The van der Waals surface area contributed by atoms with E-state index in [1.807, 2.05) is 17.9 Å². The van der Waals surface area contributed by atoms with Crippen molar-refractivity contribution in [2.24, 2.45) is 0 Å². The minimum Gasteiger partial charge on any atom is -0.393 e. The summed E-state index contributed by atoms with van der Waals surface area (Å²) >= 11 is 12.4. The molecule has 0 spiro atoms. The number of rotatable bonds is 2. The number of aliphatic hydroxyl groups excluding tert-OH is 1. The second kappa shape index (κ2) is 6.51. The second-order valence-corrected chi connectivity index (χ2v) is 6.50. The lowest BCUT2D eigenvalue weighted by Crippen LogP contribution is -2.37. The lowest BCUT2D eigenvalue weighted by molar-refractivity contribution is 0.145. The monoisotopic (exact) mass is 353 g/mol. The van der Waals surface area contributed by atoms with E-state index in [1.165, 1.54) is 4.68 Å². The molecule has 1 fully saturated rings. The highest BCUT2D eigenvalue weighted by atomic mass is 35.5. The van der Waals surface area contributed by atoms with Crippen molar-refractivity contribution in [3.8, 4) is 5.69 Å². The number of hydrogen-bond donors (Lipinski definition) is 1. The van der Waals surface area contributed by atoms with Crippen molar-refractivity contribution >= 4 is 28.9 Å². The Bertz CT molecular complexity index is 783. The maximum Gasteiger partial charge on any atom is 0.292 e. The molecule has 3 rings (SSSR count). The van der Waals surface area contributed by atoms with Crippen LogP contribution in [0, 0.1) is 6.92 Å². The van der Waals surface area contributed by atoms with Crippen molar-refractivity contribution < 1.29 is 5.11 Å². The standard InChI is InChI=1S/C16H17Cl2N3O2/c1-10-2-3-11(8-13(10)17)21-16(23)15(18)14(9-19-21)20-6-4-12(22)5-7-20/h2-3,8-9,12,22H,4-7H2,1H3. The van der Waals surface area contributed by atoms with Crippen molar-refractivity contribution in [1.82, 2.24) is 9.78 Å². The van der Waals surface area contributed by atoms with Crippen molar-refractivity contribution in [3.05, 3.63) is 50.4 Å². The summed E-state index contributed by atoms with van der Waals surface area (Å²) in [5, 5.41) is 14.5. The molecule has 1 aromatic heterocycles. The summed E-state index contributed by atoms with van der Waals surface area (Å²) in [4.78, 5) is 14.5. The molecule has 0 amide bonds. The number of halogens is 2. The third kappa shape index (κ3) is 3.22. The Morgan fingerprint density at radius 2 is 1.96 bits per heavy atom. The number of aliphatic hydroxyl groups is 1. The van der Waals surface area contributed by atoms with E-state index in [2.05, 4.69) is 5.10 Å². The molecule has 2 heterocycles. The SMILES string of the molecule is Cc1ccc(-n2ncc(N3CCC(O)CC3)c(Cl)c2=O)cc1Cl. The van der Waals surface area contributed by atoms with Crippen LogP contribution in [0.1, 0.15) is 18.4 Å². The molecule has 7 heteroatoms. The third-order valence-corrected chi connectivity index (χ3v) is 4.87. The fourth-order valence-electron chi connectivity index (χ4n) is 2.65. The minimum absolute atomic E-state index is 0.132. The molecule has 0 saturated carbocycles. The number of benzene rings is 1. The quantitative estimate of drug-likeness (QED) is 0.901. The summed E-state index contributed by atoms with van der Waals surface area (Å²) in [5.41, 5.74) is 1.74. The van der Waals surface area contributed by atoms with Crippen LogP contribution in [0.3, 0.4) is 0 Å². The second-order valence-electron chi connectivity index (χ2n) is 5.71. The van der Waals surface area contributed by atoms with Gasteiger partial charge in [-0.3, -0.25) is 4.79 Å². The first-order valence-corrected chi connectivity index (χ1v) is 8.20. The van der Waals surface area contributed by atoms with E-state index in [9.17, 15) is 9.90 Å². The zero-order valence-electron chi connectivity index (χ0n) is 12.7. The third-order valence-electron chi connectivity index (χ3n) is 4.11. The van der Waals surface area contributed by atoms with E-state index in [4.69, 9.17) is 23.2 Å². The van der Waals surface area contributed by atoms with Gasteiger partial charge in [0.25, 0.3) is 5.56 Å². The lowest BCUT2D eigenvalue weighted by atomic mass is 10.1. The van der Waals surface area contributed by atoms with Gasteiger partial charge in [0.05, 0.1) is 23.7 Å². The predicted molar refractivity (Wildman–Crippen MR) is 92.0 cm³/mol. The number of nitrogens with zero attached hydrogens (tertiary/aromatic N) is 3. The molecule has 0 radical (unpaired) electrons. The van der Waals surface area contributed by atoms with Crippen LogP contribution >= 0.6 is 23.2 Å². The van der Waals surface area contributed by atoms with Crippen LogP contribution in [0.25, 0.3) is 5.69 Å². The smallest absolute Gasteiger partial charge is 0.292 e. The van der Waals surface area contributed by atoms with Gasteiger partial charge in [0.2, 0.25) is 0 Å². The van der Waals surface area contributed by atoms with E-state index in [0.717, 1.165) is 5.56 Å². The van der Waals surface area contributed by atoms with Gasteiger partial charge in [-0.1, -0.05) is 29.3 Å². The molecule has 5 nitrogen and oxygen atoms in total. The Morgan fingerprint density at radius 1 is 1.26 bits per heavy atom. The minimum atomic E-state index is -0.379. The number of piperidine rings is 1. The number of hydrogen-bond acceptors (Lipinski definition) is 4. The van der Waals surface area contributed by atoms with Crippen LogP contribution in [0.5, 0.6) is 0 Å². The zero-order valence-corrected chi connectivity index (χ0v) is 14.2. The van der Waals surface area contributed by atoms with E-state index < -0.39 is 0 Å². The Hall–Kier alpha value is -1.56. The molecular weight excluding hydrogens is 337 g/mol. The van der Waals surface area contributed by atoms with Crippen LogP contribution < -0.4 is 10.5 Å². The van der Waals surface area contributed by atoms with Gasteiger partial charge in [-0.05, 0) is 37.5 Å². The predicted octanol–water partition coefficient (Wildman–Crippen LogP) is 2.81. The molecule has 122 valence electrons. The van der Waals surface area contributed by atoms with Gasteiger partial charge in [-0.15, -0.1) is 0 Å². The largest absolute Gasteiger partial charge is 0.393 e. The van der Waals surface area contributed by atoms with Crippen LogP contribution in [-0.4, -0.2) is 34.1 Å². The average Bonchev–Trinajstić information content (AvgIpc) is 2.54. The Labute approximate surface area is 144 Å². The number of aryl methyl sites for hydroxylation is 1. The number of aromatic nitrogens is 2. The van der Waals surface area contributed by atoms with Crippen molar-refractivity contribution in [2.45, 2.75) is 25.9 Å². The first-order valence-electron chi connectivity index (χ1n) is 7.44. The molecule has 0 unspecified atom stereocenters. The van der Waals surface area contributed by atoms with Gasteiger partial charge in [0, 0.05) is 18.1 Å². The summed E-state index contributed by atoms with van der Waals surface area (Å²) in [7, 11) is 0. The van der Waals surface area contributed by atoms with E-state index in [-0.39, 0.29) is 16.7 Å². The van der Waals surface area contributed by atoms with Gasteiger partial charge in [-0.25, -0.2) is 0 Å². The van der Waals surface area contributed by atoms with Crippen LogP contribution in [-0.2, 0) is 0 Å². The van der Waals surface area contributed by atoms with Crippen LogP contribution in [0.15, 0.2) is 29.2 Å². The molecule has 0 aliphatic carbocycles. The molecule has 1 aliphatic rings. The highest BCUT2D eigenvalue weighted by molar-refractivity contribution is 6.33.